The van der Waals surface area contributed by atoms with Crippen molar-refractivity contribution in [3.05, 3.63) is 18.2 Å². The number of ether oxygens (including phenoxy) is 1. The second kappa shape index (κ2) is 5.70. The number of benzene rings is 1. The zero-order valence-electron chi connectivity index (χ0n) is 11.3. The molecule has 0 saturated heterocycles. The minimum absolute atomic E-state index is 0.462. The van der Waals surface area contributed by atoms with Crippen molar-refractivity contribution < 1.29 is 4.74 Å². The van der Waals surface area contributed by atoms with Gasteiger partial charge in [0.1, 0.15) is 5.75 Å². The third kappa shape index (κ3) is 3.04. The molecule has 0 radical (unpaired) electrons. The average molecular weight is 291 g/mol. The van der Waals surface area contributed by atoms with Gasteiger partial charge < -0.3 is 10.5 Å². The molecular formula is C13H17N5OS. The molecule has 0 atom stereocenters. The van der Waals surface area contributed by atoms with E-state index in [-0.39, 0.29) is 0 Å². The number of tetrazole rings is 1. The van der Waals surface area contributed by atoms with Gasteiger partial charge in [0.15, 0.2) is 0 Å². The summed E-state index contributed by atoms with van der Waals surface area (Å²) in [5.41, 5.74) is 6.61. The van der Waals surface area contributed by atoms with Crippen LogP contribution < -0.4 is 10.5 Å². The van der Waals surface area contributed by atoms with E-state index < -0.39 is 0 Å². The van der Waals surface area contributed by atoms with Gasteiger partial charge in [0, 0.05) is 16.6 Å². The lowest BCUT2D eigenvalue weighted by atomic mass is 10.3. The summed E-state index contributed by atoms with van der Waals surface area (Å²) in [6.07, 6.45) is 3.28. The normalized spacial score (nSPS) is 14.4. The van der Waals surface area contributed by atoms with Crippen LogP contribution in [0.2, 0.25) is 0 Å². The Labute approximate surface area is 121 Å². The van der Waals surface area contributed by atoms with Crippen molar-refractivity contribution in [3.8, 4) is 5.75 Å². The molecule has 0 unspecified atom stereocenters. The summed E-state index contributed by atoms with van der Waals surface area (Å²) in [4.78, 5) is 0.993. The second-order valence-electron chi connectivity index (χ2n) is 4.83. The van der Waals surface area contributed by atoms with Crippen LogP contribution in [-0.2, 0) is 0 Å². The van der Waals surface area contributed by atoms with E-state index in [0.29, 0.717) is 18.3 Å². The van der Waals surface area contributed by atoms with Crippen LogP contribution in [0, 0.1) is 0 Å². The molecule has 0 spiro atoms. The molecule has 3 rings (SSSR count). The van der Waals surface area contributed by atoms with Crippen molar-refractivity contribution in [3.63, 3.8) is 0 Å². The van der Waals surface area contributed by atoms with Gasteiger partial charge in [0.05, 0.1) is 12.6 Å². The number of hydrogen-bond donors (Lipinski definition) is 1. The molecule has 2 N–H and O–H groups in total. The highest BCUT2D eigenvalue weighted by Crippen LogP contribution is 2.38. The Morgan fingerprint density at radius 2 is 2.25 bits per heavy atom. The molecule has 106 valence electrons. The van der Waals surface area contributed by atoms with Crippen LogP contribution in [0.15, 0.2) is 28.3 Å². The Morgan fingerprint density at radius 3 is 3.00 bits per heavy atom. The Hall–Kier alpha value is -1.76. The highest BCUT2D eigenvalue weighted by atomic mass is 32.2. The van der Waals surface area contributed by atoms with E-state index in [2.05, 4.69) is 22.4 Å². The third-order valence-electron chi connectivity index (χ3n) is 2.94. The lowest BCUT2D eigenvalue weighted by Gasteiger charge is -2.08. The van der Waals surface area contributed by atoms with Crippen LogP contribution in [0.25, 0.3) is 0 Å². The predicted octanol–water partition coefficient (Wildman–Crippen LogP) is 2.53. The maximum absolute atomic E-state index is 5.92. The van der Waals surface area contributed by atoms with Crippen molar-refractivity contribution in [2.45, 2.75) is 42.3 Å². The molecule has 1 aromatic carbocycles. The summed E-state index contributed by atoms with van der Waals surface area (Å²) in [7, 11) is 0. The number of nitrogen functional groups attached to an aromatic ring is 1. The molecule has 2 aromatic rings. The van der Waals surface area contributed by atoms with Gasteiger partial charge in [-0.05, 0) is 53.6 Å². The van der Waals surface area contributed by atoms with E-state index in [4.69, 9.17) is 10.5 Å². The van der Waals surface area contributed by atoms with Gasteiger partial charge in [0.2, 0.25) is 5.16 Å². The van der Waals surface area contributed by atoms with E-state index in [1.807, 2.05) is 22.9 Å². The minimum Gasteiger partial charge on any atom is -0.493 e. The quantitative estimate of drug-likeness (QED) is 0.824. The highest BCUT2D eigenvalue weighted by Gasteiger charge is 2.28. The van der Waals surface area contributed by atoms with Crippen LogP contribution in [0.5, 0.6) is 5.75 Å². The van der Waals surface area contributed by atoms with Crippen molar-refractivity contribution in [2.75, 3.05) is 12.3 Å². The van der Waals surface area contributed by atoms with E-state index >= 15 is 0 Å². The van der Waals surface area contributed by atoms with Gasteiger partial charge in [-0.25, -0.2) is 4.68 Å². The number of nitrogens with two attached hydrogens (primary N) is 1. The fourth-order valence-electron chi connectivity index (χ4n) is 1.86. The molecule has 1 aliphatic rings. The lowest BCUT2D eigenvalue weighted by Crippen LogP contribution is -1.99. The molecule has 20 heavy (non-hydrogen) atoms. The average Bonchev–Trinajstić information content (AvgIpc) is 3.17. The van der Waals surface area contributed by atoms with Crippen LogP contribution in [0.4, 0.5) is 5.69 Å². The molecule has 0 bridgehead atoms. The topological polar surface area (TPSA) is 78.8 Å². The van der Waals surface area contributed by atoms with Crippen molar-refractivity contribution in [1.29, 1.82) is 0 Å². The SMILES string of the molecule is CCCOc1cc(N)cc(Sc2nnnn2C2CC2)c1. The van der Waals surface area contributed by atoms with Gasteiger partial charge in [-0.3, -0.25) is 0 Å². The zero-order chi connectivity index (χ0) is 13.9. The van der Waals surface area contributed by atoms with Gasteiger partial charge >= 0.3 is 0 Å². The van der Waals surface area contributed by atoms with Crippen LogP contribution >= 0.6 is 11.8 Å². The van der Waals surface area contributed by atoms with E-state index in [1.165, 1.54) is 11.8 Å². The summed E-state index contributed by atoms with van der Waals surface area (Å²) in [6, 6.07) is 6.19. The summed E-state index contributed by atoms with van der Waals surface area (Å²) >= 11 is 1.52. The van der Waals surface area contributed by atoms with Gasteiger partial charge in [-0.15, -0.1) is 5.10 Å². The number of anilines is 1. The van der Waals surface area contributed by atoms with Crippen LogP contribution in [-0.4, -0.2) is 26.8 Å². The Kier molecular flexibility index (Phi) is 3.77. The molecule has 6 nitrogen and oxygen atoms in total. The second-order valence-corrected chi connectivity index (χ2v) is 5.87. The van der Waals surface area contributed by atoms with Crippen molar-refractivity contribution in [1.82, 2.24) is 20.2 Å². The van der Waals surface area contributed by atoms with E-state index in [9.17, 15) is 0 Å². The van der Waals surface area contributed by atoms with Crippen molar-refractivity contribution in [2.24, 2.45) is 0 Å². The molecule has 0 aliphatic heterocycles. The Morgan fingerprint density at radius 1 is 1.40 bits per heavy atom. The van der Waals surface area contributed by atoms with Gasteiger partial charge in [0.25, 0.3) is 0 Å². The molecule has 1 heterocycles. The fourth-order valence-corrected chi connectivity index (χ4v) is 2.80. The summed E-state index contributed by atoms with van der Waals surface area (Å²) < 4.78 is 7.52. The van der Waals surface area contributed by atoms with Crippen LogP contribution in [0.1, 0.15) is 32.2 Å². The maximum Gasteiger partial charge on any atom is 0.214 e. The van der Waals surface area contributed by atoms with Gasteiger partial charge in [-0.2, -0.15) is 0 Å². The van der Waals surface area contributed by atoms with Crippen LogP contribution in [0.3, 0.4) is 0 Å². The highest BCUT2D eigenvalue weighted by molar-refractivity contribution is 7.99. The van der Waals surface area contributed by atoms with E-state index in [0.717, 1.165) is 35.1 Å². The molecule has 1 fully saturated rings. The summed E-state index contributed by atoms with van der Waals surface area (Å²) in [5.74, 6) is 0.791. The molecular weight excluding hydrogens is 274 g/mol. The molecule has 1 saturated carbocycles. The number of aromatic nitrogens is 4. The fraction of sp³-hybridized carbons (Fsp3) is 0.462. The largest absolute Gasteiger partial charge is 0.493 e. The monoisotopic (exact) mass is 291 g/mol. The smallest absolute Gasteiger partial charge is 0.214 e. The standard InChI is InChI=1S/C13H17N5OS/c1-2-5-19-11-6-9(14)7-12(8-11)20-13-15-16-17-18(13)10-3-4-10/h6-8,10H,2-5,14H2,1H3. The van der Waals surface area contributed by atoms with Crippen molar-refractivity contribution >= 4 is 17.4 Å². The first-order chi connectivity index (χ1) is 9.76. The first-order valence-corrected chi connectivity index (χ1v) is 7.57. The summed E-state index contributed by atoms with van der Waals surface area (Å²) in [5, 5.41) is 12.7. The Balaban J connectivity index is 1.79. The summed E-state index contributed by atoms with van der Waals surface area (Å²) in [6.45, 7) is 2.76. The molecule has 0 amide bonds. The minimum atomic E-state index is 0.462. The number of nitrogens with zero attached hydrogens (tertiary/aromatic N) is 4. The maximum atomic E-state index is 5.92. The number of rotatable bonds is 6. The third-order valence-corrected chi connectivity index (χ3v) is 3.86. The van der Waals surface area contributed by atoms with Gasteiger partial charge in [-0.1, -0.05) is 6.92 Å². The number of hydrogen-bond acceptors (Lipinski definition) is 6. The first-order valence-electron chi connectivity index (χ1n) is 6.75. The molecule has 1 aliphatic carbocycles. The lowest BCUT2D eigenvalue weighted by molar-refractivity contribution is 0.317. The molecule has 1 aromatic heterocycles. The van der Waals surface area contributed by atoms with E-state index in [1.54, 1.807) is 0 Å². The predicted molar refractivity (Wildman–Crippen MR) is 76.9 cm³/mol. The molecule has 7 heteroatoms. The first kappa shape index (κ1) is 13.2. The Bertz CT molecular complexity index is 596. The zero-order valence-corrected chi connectivity index (χ0v) is 12.1.